The lowest BCUT2D eigenvalue weighted by atomic mass is 10.1. The van der Waals surface area contributed by atoms with Gasteiger partial charge in [-0.2, -0.15) is 4.98 Å². The Morgan fingerprint density at radius 2 is 1.76 bits per heavy atom. The van der Waals surface area contributed by atoms with Crippen molar-refractivity contribution in [3.8, 4) is 17.4 Å². The molecule has 2 N–H and O–H groups in total. The third-order valence-corrected chi connectivity index (χ3v) is 6.45. The lowest BCUT2D eigenvalue weighted by molar-refractivity contribution is 0.102. The molecule has 0 fully saturated rings. The van der Waals surface area contributed by atoms with Crippen LogP contribution in [0.5, 0.6) is 17.4 Å². The number of benzene rings is 3. The highest BCUT2D eigenvalue weighted by atomic mass is 32.1. The molecule has 0 aliphatic carbocycles. The number of amides is 1. The van der Waals surface area contributed by atoms with Crippen molar-refractivity contribution in [2.24, 2.45) is 0 Å². The van der Waals surface area contributed by atoms with Crippen molar-refractivity contribution in [2.45, 2.75) is 20.8 Å². The van der Waals surface area contributed by atoms with E-state index in [9.17, 15) is 4.79 Å². The first-order chi connectivity index (χ1) is 18.0. The number of carbonyl (C=O) groups excluding carboxylic acids is 1. The second kappa shape index (κ2) is 10.6. The van der Waals surface area contributed by atoms with Crippen LogP contribution in [0.2, 0.25) is 0 Å². The Morgan fingerprint density at radius 1 is 0.973 bits per heavy atom. The molecule has 0 saturated heterocycles. The van der Waals surface area contributed by atoms with Gasteiger partial charge in [0.25, 0.3) is 5.91 Å². The van der Waals surface area contributed by atoms with Crippen molar-refractivity contribution in [3.63, 3.8) is 0 Å². The fourth-order valence-corrected chi connectivity index (χ4v) is 4.54. The number of anilines is 3. The highest BCUT2D eigenvalue weighted by molar-refractivity contribution is 7.16. The van der Waals surface area contributed by atoms with Gasteiger partial charge in [-0.1, -0.05) is 30.3 Å². The van der Waals surface area contributed by atoms with Gasteiger partial charge in [-0.3, -0.25) is 4.79 Å². The quantitative estimate of drug-likeness (QED) is 0.234. The average Bonchev–Trinajstić information content (AvgIpc) is 3.36. The molecule has 0 spiro atoms. The normalized spacial score (nSPS) is 10.8. The molecule has 0 atom stereocenters. The summed E-state index contributed by atoms with van der Waals surface area (Å²) in [6.45, 7) is 6.26. The number of aryl methyl sites for hydroxylation is 2. The van der Waals surface area contributed by atoms with Gasteiger partial charge in [-0.15, -0.1) is 11.3 Å². The van der Waals surface area contributed by atoms with Crippen LogP contribution in [0.25, 0.3) is 10.2 Å². The maximum Gasteiger partial charge on any atom is 0.262 e. The number of hydrogen-bond donors (Lipinski definition) is 2. The van der Waals surface area contributed by atoms with E-state index in [1.165, 1.54) is 6.20 Å². The van der Waals surface area contributed by atoms with E-state index in [2.05, 4.69) is 25.6 Å². The van der Waals surface area contributed by atoms with Crippen LogP contribution in [-0.4, -0.2) is 27.5 Å². The zero-order chi connectivity index (χ0) is 25.8. The monoisotopic (exact) mass is 511 g/mol. The summed E-state index contributed by atoms with van der Waals surface area (Å²) in [6.07, 6.45) is 1.46. The van der Waals surface area contributed by atoms with Crippen molar-refractivity contribution < 1.29 is 14.3 Å². The number of rotatable bonds is 8. The lowest BCUT2D eigenvalue weighted by Crippen LogP contribution is -2.16. The Hall–Kier alpha value is -4.50. The molecule has 5 rings (SSSR count). The second-order valence-electron chi connectivity index (χ2n) is 8.28. The molecular weight excluding hydrogens is 486 g/mol. The minimum absolute atomic E-state index is 0.104. The number of ether oxygens (including phenoxy) is 2. The minimum atomic E-state index is -0.376. The lowest BCUT2D eigenvalue weighted by Gasteiger charge is -2.16. The summed E-state index contributed by atoms with van der Waals surface area (Å²) in [6, 6.07) is 18.9. The van der Waals surface area contributed by atoms with Crippen molar-refractivity contribution >= 4 is 44.8 Å². The summed E-state index contributed by atoms with van der Waals surface area (Å²) in [5.41, 5.74) is 6.36. The SMILES string of the molecule is CCOc1ccccc1Oc1nc(Nc2ccc3ncsc3c2)ncc1C(=O)Nc1c(C)cccc1C. The molecule has 1 amide bonds. The first-order valence-corrected chi connectivity index (χ1v) is 12.6. The molecule has 37 heavy (non-hydrogen) atoms. The van der Waals surface area contributed by atoms with Gasteiger partial charge in [0.1, 0.15) is 5.56 Å². The number of aromatic nitrogens is 3. The van der Waals surface area contributed by atoms with E-state index in [1.54, 1.807) is 29.0 Å². The first kappa shape index (κ1) is 24.2. The molecule has 0 saturated carbocycles. The van der Waals surface area contributed by atoms with Crippen LogP contribution < -0.4 is 20.1 Å². The van der Waals surface area contributed by atoms with Crippen LogP contribution in [-0.2, 0) is 0 Å². The van der Waals surface area contributed by atoms with Gasteiger partial charge >= 0.3 is 0 Å². The molecule has 0 aliphatic heterocycles. The Bertz CT molecular complexity index is 1560. The molecule has 5 aromatic rings. The van der Waals surface area contributed by atoms with Crippen LogP contribution >= 0.6 is 11.3 Å². The van der Waals surface area contributed by atoms with Gasteiger partial charge in [0.2, 0.25) is 11.8 Å². The summed E-state index contributed by atoms with van der Waals surface area (Å²) >= 11 is 1.55. The second-order valence-corrected chi connectivity index (χ2v) is 9.16. The van der Waals surface area contributed by atoms with Crippen LogP contribution in [0.15, 0.2) is 72.4 Å². The summed E-state index contributed by atoms with van der Waals surface area (Å²) in [5.74, 6) is 1.01. The number of thiazole rings is 1. The summed E-state index contributed by atoms with van der Waals surface area (Å²) in [7, 11) is 0. The summed E-state index contributed by atoms with van der Waals surface area (Å²) in [4.78, 5) is 26.7. The van der Waals surface area contributed by atoms with Gasteiger partial charge in [0.05, 0.1) is 22.3 Å². The number of para-hydroxylation sites is 3. The van der Waals surface area contributed by atoms with E-state index in [0.29, 0.717) is 18.1 Å². The van der Waals surface area contributed by atoms with E-state index in [-0.39, 0.29) is 23.3 Å². The zero-order valence-electron chi connectivity index (χ0n) is 20.6. The number of hydrogen-bond acceptors (Lipinski definition) is 8. The van der Waals surface area contributed by atoms with Crippen molar-refractivity contribution in [2.75, 3.05) is 17.2 Å². The molecule has 9 heteroatoms. The maximum atomic E-state index is 13.4. The predicted octanol–water partition coefficient (Wildman–Crippen LogP) is 6.89. The number of nitrogens with one attached hydrogen (secondary N) is 2. The van der Waals surface area contributed by atoms with Gasteiger partial charge in [0.15, 0.2) is 11.5 Å². The van der Waals surface area contributed by atoms with E-state index in [1.807, 2.05) is 69.3 Å². The minimum Gasteiger partial charge on any atom is -0.490 e. The molecule has 2 aromatic heterocycles. The van der Waals surface area contributed by atoms with E-state index in [0.717, 1.165) is 32.7 Å². The summed E-state index contributed by atoms with van der Waals surface area (Å²) < 4.78 is 12.9. The average molecular weight is 512 g/mol. The molecule has 0 aliphatic rings. The largest absolute Gasteiger partial charge is 0.490 e. The van der Waals surface area contributed by atoms with Gasteiger partial charge in [-0.05, 0) is 62.2 Å². The third kappa shape index (κ3) is 5.36. The standard InChI is InChI=1S/C28H25N5O3S/c1-4-35-22-10-5-6-11-23(22)36-27-20(26(34)32-25-17(2)8-7-9-18(25)3)15-29-28(33-27)31-19-12-13-21-24(14-19)37-16-30-21/h5-16H,4H2,1-3H3,(H,32,34)(H,29,31,33). The van der Waals surface area contributed by atoms with Crippen LogP contribution in [0.3, 0.4) is 0 Å². The summed E-state index contributed by atoms with van der Waals surface area (Å²) in [5, 5.41) is 6.19. The van der Waals surface area contributed by atoms with Crippen LogP contribution in [0.4, 0.5) is 17.3 Å². The van der Waals surface area contributed by atoms with Crippen LogP contribution in [0.1, 0.15) is 28.4 Å². The van der Waals surface area contributed by atoms with Gasteiger partial charge in [0, 0.05) is 17.6 Å². The fraction of sp³-hybridized carbons (Fsp3) is 0.143. The highest BCUT2D eigenvalue weighted by Gasteiger charge is 2.20. The first-order valence-electron chi connectivity index (χ1n) is 11.8. The molecular formula is C28H25N5O3S. The van der Waals surface area contributed by atoms with E-state index < -0.39 is 0 Å². The smallest absolute Gasteiger partial charge is 0.262 e. The third-order valence-electron chi connectivity index (χ3n) is 5.66. The van der Waals surface area contributed by atoms with Crippen LogP contribution in [0, 0.1) is 13.8 Å². The van der Waals surface area contributed by atoms with E-state index in [4.69, 9.17) is 9.47 Å². The Kier molecular flexibility index (Phi) is 6.96. The van der Waals surface area contributed by atoms with Crippen molar-refractivity contribution in [1.82, 2.24) is 15.0 Å². The molecule has 0 bridgehead atoms. The number of fused-ring (bicyclic) bond motifs is 1. The molecule has 2 heterocycles. The fourth-order valence-electron chi connectivity index (χ4n) is 3.83. The topological polar surface area (TPSA) is 98.3 Å². The molecule has 0 radical (unpaired) electrons. The highest BCUT2D eigenvalue weighted by Crippen LogP contribution is 2.33. The molecule has 0 unspecified atom stereocenters. The number of nitrogens with zero attached hydrogens (tertiary/aromatic N) is 3. The van der Waals surface area contributed by atoms with E-state index >= 15 is 0 Å². The Balaban J connectivity index is 1.51. The van der Waals surface area contributed by atoms with Crippen molar-refractivity contribution in [1.29, 1.82) is 0 Å². The Labute approximate surface area is 218 Å². The van der Waals surface area contributed by atoms with Crippen molar-refractivity contribution in [3.05, 3.63) is 89.1 Å². The number of carbonyl (C=O) groups is 1. The Morgan fingerprint density at radius 3 is 2.54 bits per heavy atom. The zero-order valence-corrected chi connectivity index (χ0v) is 21.4. The van der Waals surface area contributed by atoms with Gasteiger partial charge in [-0.25, -0.2) is 9.97 Å². The molecule has 8 nitrogen and oxygen atoms in total. The molecule has 3 aromatic carbocycles. The maximum absolute atomic E-state index is 13.4. The molecule has 186 valence electrons. The van der Waals surface area contributed by atoms with Gasteiger partial charge < -0.3 is 20.1 Å². The predicted molar refractivity (Wildman–Crippen MR) is 146 cm³/mol.